The summed E-state index contributed by atoms with van der Waals surface area (Å²) in [5, 5.41) is 0. The molecule has 1 unspecified atom stereocenters. The second kappa shape index (κ2) is 6.03. The standard InChI is InChI=1S/C11H18N2O4S/c1-8(7-16-3)17-10-5-4-9(12)6-11(10)18(14,15)13-2/h4-6,8,13H,7,12H2,1-3H3. The Morgan fingerprint density at radius 2 is 2.11 bits per heavy atom. The fourth-order valence-electron chi connectivity index (χ4n) is 1.43. The predicted molar refractivity (Wildman–Crippen MR) is 69.1 cm³/mol. The van der Waals surface area contributed by atoms with Crippen molar-refractivity contribution in [3.8, 4) is 5.75 Å². The summed E-state index contributed by atoms with van der Waals surface area (Å²) in [5.41, 5.74) is 5.95. The molecule has 0 spiro atoms. The molecule has 0 saturated carbocycles. The molecule has 0 radical (unpaired) electrons. The van der Waals surface area contributed by atoms with Gasteiger partial charge in [0.2, 0.25) is 10.0 Å². The lowest BCUT2D eigenvalue weighted by atomic mass is 10.3. The Bertz CT molecular complexity index is 502. The van der Waals surface area contributed by atoms with Gasteiger partial charge >= 0.3 is 0 Å². The molecule has 1 aromatic rings. The average Bonchev–Trinajstić information content (AvgIpc) is 2.31. The van der Waals surface area contributed by atoms with Crippen LogP contribution in [0.4, 0.5) is 5.69 Å². The predicted octanol–water partition coefficient (Wildman–Crippen LogP) is 0.591. The quantitative estimate of drug-likeness (QED) is 0.741. The van der Waals surface area contributed by atoms with Gasteiger partial charge in [0.15, 0.2) is 0 Å². The van der Waals surface area contributed by atoms with Crippen LogP contribution in [-0.4, -0.2) is 35.3 Å². The van der Waals surface area contributed by atoms with Gasteiger partial charge < -0.3 is 15.2 Å². The first kappa shape index (κ1) is 14.7. The Hall–Kier alpha value is -1.31. The van der Waals surface area contributed by atoms with Gasteiger partial charge in [0.1, 0.15) is 16.7 Å². The maximum Gasteiger partial charge on any atom is 0.244 e. The second-order valence-electron chi connectivity index (χ2n) is 3.80. The fourth-order valence-corrected chi connectivity index (χ4v) is 2.32. The van der Waals surface area contributed by atoms with Crippen LogP contribution in [0.5, 0.6) is 5.75 Å². The van der Waals surface area contributed by atoms with Crippen molar-refractivity contribution in [1.29, 1.82) is 0 Å². The van der Waals surface area contributed by atoms with Gasteiger partial charge in [-0.25, -0.2) is 13.1 Å². The van der Waals surface area contributed by atoms with Crippen molar-refractivity contribution in [2.45, 2.75) is 17.9 Å². The number of benzene rings is 1. The Balaban J connectivity index is 3.12. The molecule has 1 rings (SSSR count). The summed E-state index contributed by atoms with van der Waals surface area (Å²) in [6, 6.07) is 4.48. The van der Waals surface area contributed by atoms with Crippen molar-refractivity contribution >= 4 is 15.7 Å². The molecule has 0 fully saturated rings. The second-order valence-corrected chi connectivity index (χ2v) is 5.65. The number of nitrogens with two attached hydrogens (primary N) is 1. The minimum absolute atomic E-state index is 0.0213. The lowest BCUT2D eigenvalue weighted by Gasteiger charge is -2.17. The average molecular weight is 274 g/mol. The number of methoxy groups -OCH3 is 1. The summed E-state index contributed by atoms with van der Waals surface area (Å²) < 4.78 is 36.4. The van der Waals surface area contributed by atoms with Crippen LogP contribution in [-0.2, 0) is 14.8 Å². The molecule has 102 valence electrons. The summed E-state index contributed by atoms with van der Waals surface area (Å²) in [4.78, 5) is 0.0213. The number of sulfonamides is 1. The fraction of sp³-hybridized carbons (Fsp3) is 0.455. The van der Waals surface area contributed by atoms with E-state index < -0.39 is 10.0 Å². The normalized spacial score (nSPS) is 13.3. The van der Waals surface area contributed by atoms with Crippen LogP contribution >= 0.6 is 0 Å². The molecule has 6 nitrogen and oxygen atoms in total. The van der Waals surface area contributed by atoms with E-state index in [1.54, 1.807) is 20.1 Å². The van der Waals surface area contributed by atoms with E-state index in [1.165, 1.54) is 19.2 Å². The zero-order chi connectivity index (χ0) is 13.8. The van der Waals surface area contributed by atoms with E-state index >= 15 is 0 Å². The molecule has 0 heterocycles. The Morgan fingerprint density at radius 3 is 2.67 bits per heavy atom. The lowest BCUT2D eigenvalue weighted by molar-refractivity contribution is 0.0901. The highest BCUT2D eigenvalue weighted by molar-refractivity contribution is 7.89. The maximum atomic E-state index is 11.8. The monoisotopic (exact) mass is 274 g/mol. The summed E-state index contributed by atoms with van der Waals surface area (Å²) in [7, 11) is -0.724. The summed E-state index contributed by atoms with van der Waals surface area (Å²) in [6.45, 7) is 2.15. The molecule has 0 amide bonds. The highest BCUT2D eigenvalue weighted by atomic mass is 32.2. The number of hydrogen-bond acceptors (Lipinski definition) is 5. The van der Waals surface area contributed by atoms with Crippen LogP contribution in [0.3, 0.4) is 0 Å². The molecule has 18 heavy (non-hydrogen) atoms. The van der Waals surface area contributed by atoms with E-state index in [0.29, 0.717) is 12.3 Å². The van der Waals surface area contributed by atoms with Gasteiger partial charge in [-0.1, -0.05) is 0 Å². The third-order valence-corrected chi connectivity index (χ3v) is 3.69. The molecule has 0 aromatic heterocycles. The van der Waals surface area contributed by atoms with Gasteiger partial charge in [-0.2, -0.15) is 0 Å². The molecule has 0 bridgehead atoms. The number of nitrogens with one attached hydrogen (secondary N) is 1. The van der Waals surface area contributed by atoms with Crippen molar-refractivity contribution < 1.29 is 17.9 Å². The third-order valence-electron chi connectivity index (χ3n) is 2.26. The first-order chi connectivity index (χ1) is 8.40. The van der Waals surface area contributed by atoms with E-state index in [9.17, 15) is 8.42 Å². The summed E-state index contributed by atoms with van der Waals surface area (Å²) in [6.07, 6.45) is -0.260. The van der Waals surface area contributed by atoms with Crippen LogP contribution in [0.1, 0.15) is 6.92 Å². The van der Waals surface area contributed by atoms with Crippen molar-refractivity contribution in [3.05, 3.63) is 18.2 Å². The molecular weight excluding hydrogens is 256 g/mol. The van der Waals surface area contributed by atoms with Crippen molar-refractivity contribution in [2.75, 3.05) is 26.5 Å². The molecule has 1 atom stereocenters. The molecular formula is C11H18N2O4S. The van der Waals surface area contributed by atoms with Crippen LogP contribution in [0.25, 0.3) is 0 Å². The van der Waals surface area contributed by atoms with E-state index in [1.807, 2.05) is 0 Å². The number of rotatable bonds is 6. The van der Waals surface area contributed by atoms with Gasteiger partial charge in [0, 0.05) is 12.8 Å². The lowest BCUT2D eigenvalue weighted by Crippen LogP contribution is -2.23. The zero-order valence-corrected chi connectivity index (χ0v) is 11.5. The van der Waals surface area contributed by atoms with E-state index in [0.717, 1.165) is 0 Å². The molecule has 1 aromatic carbocycles. The minimum Gasteiger partial charge on any atom is -0.487 e. The molecule has 7 heteroatoms. The number of anilines is 1. The van der Waals surface area contributed by atoms with Gasteiger partial charge in [0.25, 0.3) is 0 Å². The Labute approximate surface area is 107 Å². The number of hydrogen-bond donors (Lipinski definition) is 2. The first-order valence-electron chi connectivity index (χ1n) is 5.39. The molecule has 0 aliphatic heterocycles. The van der Waals surface area contributed by atoms with E-state index in [2.05, 4.69) is 4.72 Å². The highest BCUT2D eigenvalue weighted by Crippen LogP contribution is 2.26. The van der Waals surface area contributed by atoms with Gasteiger partial charge in [-0.15, -0.1) is 0 Å². The number of nitrogen functional groups attached to an aromatic ring is 1. The smallest absolute Gasteiger partial charge is 0.244 e. The van der Waals surface area contributed by atoms with Gasteiger partial charge in [-0.05, 0) is 32.2 Å². The van der Waals surface area contributed by atoms with Gasteiger partial charge in [-0.3, -0.25) is 0 Å². The van der Waals surface area contributed by atoms with Crippen molar-refractivity contribution in [1.82, 2.24) is 4.72 Å². The summed E-state index contributed by atoms with van der Waals surface area (Å²) >= 11 is 0. The molecule has 3 N–H and O–H groups in total. The van der Waals surface area contributed by atoms with Crippen LogP contribution < -0.4 is 15.2 Å². The van der Waals surface area contributed by atoms with E-state index in [-0.39, 0.29) is 16.7 Å². The first-order valence-corrected chi connectivity index (χ1v) is 6.87. The zero-order valence-electron chi connectivity index (χ0n) is 10.6. The topological polar surface area (TPSA) is 90.7 Å². The third kappa shape index (κ3) is 3.59. The minimum atomic E-state index is -3.61. The van der Waals surface area contributed by atoms with Crippen LogP contribution in [0.2, 0.25) is 0 Å². The van der Waals surface area contributed by atoms with Crippen molar-refractivity contribution in [2.24, 2.45) is 0 Å². The van der Waals surface area contributed by atoms with Crippen LogP contribution in [0, 0.1) is 0 Å². The maximum absolute atomic E-state index is 11.8. The Morgan fingerprint density at radius 1 is 1.44 bits per heavy atom. The highest BCUT2D eigenvalue weighted by Gasteiger charge is 2.19. The largest absolute Gasteiger partial charge is 0.487 e. The number of ether oxygens (including phenoxy) is 2. The van der Waals surface area contributed by atoms with Crippen molar-refractivity contribution in [3.63, 3.8) is 0 Å². The SMILES string of the molecule is CNS(=O)(=O)c1cc(N)ccc1OC(C)COC. The summed E-state index contributed by atoms with van der Waals surface area (Å²) in [5.74, 6) is 0.253. The molecule has 0 aliphatic carbocycles. The van der Waals surface area contributed by atoms with Gasteiger partial charge in [0.05, 0.1) is 6.61 Å². The molecule has 0 aliphatic rings. The van der Waals surface area contributed by atoms with Crippen LogP contribution in [0.15, 0.2) is 23.1 Å². The molecule has 0 saturated heterocycles. The Kier molecular flexibility index (Phi) is 4.94. The van der Waals surface area contributed by atoms with E-state index in [4.69, 9.17) is 15.2 Å².